The molecule has 128 valence electrons. The van der Waals surface area contributed by atoms with Crippen LogP contribution < -0.4 is 16.1 Å². The number of carbonyl (C=O) groups excluding carboxylic acids is 1. The van der Waals surface area contributed by atoms with Crippen LogP contribution in [0.15, 0.2) is 51.7 Å². The predicted octanol–water partition coefficient (Wildman–Crippen LogP) is 3.69. The summed E-state index contributed by atoms with van der Waals surface area (Å²) in [6, 6.07) is 11.7. The number of ether oxygens (including phenoxy) is 1. The molecule has 0 saturated heterocycles. The van der Waals surface area contributed by atoms with Crippen molar-refractivity contribution < 1.29 is 13.9 Å². The second kappa shape index (κ2) is 6.99. The van der Waals surface area contributed by atoms with Crippen molar-refractivity contribution in [1.29, 1.82) is 0 Å². The molecule has 0 spiro atoms. The number of benzene rings is 2. The number of primary amides is 1. The molecule has 0 aliphatic rings. The molecule has 2 aromatic carbocycles. The van der Waals surface area contributed by atoms with Crippen LogP contribution in [-0.2, 0) is 13.0 Å². The Hall–Kier alpha value is -2.79. The Morgan fingerprint density at radius 1 is 1.20 bits per heavy atom. The second-order valence-corrected chi connectivity index (χ2v) is 6.00. The Labute approximate surface area is 149 Å². The van der Waals surface area contributed by atoms with E-state index in [1.165, 1.54) is 12.1 Å². The lowest BCUT2D eigenvalue weighted by Gasteiger charge is -2.11. The minimum atomic E-state index is -0.637. The molecule has 0 aliphatic carbocycles. The third kappa shape index (κ3) is 3.67. The first-order valence-corrected chi connectivity index (χ1v) is 8.13. The summed E-state index contributed by atoms with van der Waals surface area (Å²) in [4.78, 5) is 23.4. The van der Waals surface area contributed by atoms with Crippen LogP contribution in [0.25, 0.3) is 11.0 Å². The summed E-state index contributed by atoms with van der Waals surface area (Å²) in [5.74, 6) is -0.328. The van der Waals surface area contributed by atoms with Crippen molar-refractivity contribution in [1.82, 2.24) is 0 Å². The highest BCUT2D eigenvalue weighted by atomic mass is 35.5. The maximum absolute atomic E-state index is 11.8. The molecule has 0 bridgehead atoms. The summed E-state index contributed by atoms with van der Waals surface area (Å²) in [7, 11) is 0. The lowest BCUT2D eigenvalue weighted by Crippen LogP contribution is -2.13. The van der Waals surface area contributed by atoms with Crippen molar-refractivity contribution in [3.8, 4) is 5.75 Å². The van der Waals surface area contributed by atoms with Crippen molar-refractivity contribution in [2.45, 2.75) is 20.0 Å². The minimum Gasteiger partial charge on any atom is -0.488 e. The Morgan fingerprint density at radius 3 is 2.72 bits per heavy atom. The van der Waals surface area contributed by atoms with E-state index in [0.29, 0.717) is 21.9 Å². The van der Waals surface area contributed by atoms with Gasteiger partial charge in [-0.05, 0) is 36.2 Å². The molecule has 0 fully saturated rings. The number of hydrogen-bond acceptors (Lipinski definition) is 4. The SMILES string of the molecule is CCc1ccc2c(COc3ccc(Cl)cc3C(N)=O)cc(=O)oc2c1. The summed E-state index contributed by atoms with van der Waals surface area (Å²) in [5, 5.41) is 1.17. The van der Waals surface area contributed by atoms with Gasteiger partial charge in [-0.15, -0.1) is 0 Å². The first kappa shape index (κ1) is 17.0. The van der Waals surface area contributed by atoms with E-state index >= 15 is 0 Å². The summed E-state index contributed by atoms with van der Waals surface area (Å²) >= 11 is 5.89. The summed E-state index contributed by atoms with van der Waals surface area (Å²) in [6.45, 7) is 2.12. The monoisotopic (exact) mass is 357 g/mol. The van der Waals surface area contributed by atoms with Gasteiger partial charge in [0.15, 0.2) is 0 Å². The molecule has 0 saturated carbocycles. The van der Waals surface area contributed by atoms with E-state index in [0.717, 1.165) is 17.4 Å². The topological polar surface area (TPSA) is 82.5 Å². The van der Waals surface area contributed by atoms with Gasteiger partial charge in [-0.1, -0.05) is 30.7 Å². The van der Waals surface area contributed by atoms with E-state index in [2.05, 4.69) is 0 Å². The van der Waals surface area contributed by atoms with Crippen LogP contribution >= 0.6 is 11.6 Å². The van der Waals surface area contributed by atoms with Crippen molar-refractivity contribution in [2.75, 3.05) is 0 Å². The minimum absolute atomic E-state index is 0.0927. The number of amides is 1. The number of hydrogen-bond donors (Lipinski definition) is 1. The maximum Gasteiger partial charge on any atom is 0.336 e. The van der Waals surface area contributed by atoms with Crippen LogP contribution in [0.5, 0.6) is 5.75 Å². The third-order valence-electron chi connectivity index (χ3n) is 3.89. The van der Waals surface area contributed by atoms with Crippen LogP contribution in [0.2, 0.25) is 5.02 Å². The van der Waals surface area contributed by atoms with Gasteiger partial charge in [0, 0.05) is 22.0 Å². The van der Waals surface area contributed by atoms with Gasteiger partial charge in [-0.2, -0.15) is 0 Å². The molecular formula is C19H16ClNO4. The number of fused-ring (bicyclic) bond motifs is 1. The molecule has 1 aromatic heterocycles. The fourth-order valence-electron chi connectivity index (χ4n) is 2.59. The van der Waals surface area contributed by atoms with Gasteiger partial charge in [-0.3, -0.25) is 4.79 Å². The van der Waals surface area contributed by atoms with Crippen molar-refractivity contribution >= 4 is 28.5 Å². The third-order valence-corrected chi connectivity index (χ3v) is 4.13. The molecule has 5 nitrogen and oxygen atoms in total. The van der Waals surface area contributed by atoms with E-state index in [9.17, 15) is 9.59 Å². The molecule has 0 radical (unpaired) electrons. The van der Waals surface area contributed by atoms with Crippen LogP contribution in [0.1, 0.15) is 28.4 Å². The van der Waals surface area contributed by atoms with Gasteiger partial charge < -0.3 is 14.9 Å². The van der Waals surface area contributed by atoms with Gasteiger partial charge in [0.1, 0.15) is 17.9 Å². The van der Waals surface area contributed by atoms with E-state index < -0.39 is 11.5 Å². The Morgan fingerprint density at radius 2 is 2.00 bits per heavy atom. The molecule has 25 heavy (non-hydrogen) atoms. The number of carbonyl (C=O) groups is 1. The molecule has 0 atom stereocenters. The quantitative estimate of drug-likeness (QED) is 0.706. The molecule has 0 aliphatic heterocycles. The lowest BCUT2D eigenvalue weighted by atomic mass is 10.1. The number of rotatable bonds is 5. The van der Waals surface area contributed by atoms with Crippen LogP contribution in [0.4, 0.5) is 0 Å². The van der Waals surface area contributed by atoms with Gasteiger partial charge in [0.2, 0.25) is 0 Å². The fourth-order valence-corrected chi connectivity index (χ4v) is 2.76. The highest BCUT2D eigenvalue weighted by Crippen LogP contribution is 2.25. The summed E-state index contributed by atoms with van der Waals surface area (Å²) in [6.07, 6.45) is 0.840. The van der Waals surface area contributed by atoms with Gasteiger partial charge in [0.05, 0.1) is 5.56 Å². The second-order valence-electron chi connectivity index (χ2n) is 5.57. The average molecular weight is 358 g/mol. The number of aryl methyl sites for hydroxylation is 1. The number of halogens is 1. The van der Waals surface area contributed by atoms with Gasteiger partial charge in [0.25, 0.3) is 5.91 Å². The zero-order valence-corrected chi connectivity index (χ0v) is 14.3. The van der Waals surface area contributed by atoms with Crippen LogP contribution in [0, 0.1) is 0 Å². The zero-order valence-electron chi connectivity index (χ0n) is 13.5. The van der Waals surface area contributed by atoms with Crippen LogP contribution in [0.3, 0.4) is 0 Å². The summed E-state index contributed by atoms with van der Waals surface area (Å²) < 4.78 is 11.0. The van der Waals surface area contributed by atoms with E-state index in [1.54, 1.807) is 12.1 Å². The first-order valence-electron chi connectivity index (χ1n) is 7.75. The Balaban J connectivity index is 1.97. The highest BCUT2D eigenvalue weighted by molar-refractivity contribution is 6.31. The Bertz CT molecular complexity index is 1010. The predicted molar refractivity (Wildman–Crippen MR) is 96.2 cm³/mol. The maximum atomic E-state index is 11.8. The van der Waals surface area contributed by atoms with Crippen molar-refractivity contribution in [2.24, 2.45) is 5.73 Å². The smallest absolute Gasteiger partial charge is 0.336 e. The van der Waals surface area contributed by atoms with Gasteiger partial charge >= 0.3 is 5.63 Å². The lowest BCUT2D eigenvalue weighted by molar-refractivity contribution is 0.0996. The first-order chi connectivity index (χ1) is 12.0. The van der Waals surface area contributed by atoms with E-state index in [4.69, 9.17) is 26.5 Å². The van der Waals surface area contributed by atoms with Crippen molar-refractivity contribution in [3.63, 3.8) is 0 Å². The average Bonchev–Trinajstić information content (AvgIpc) is 2.59. The fraction of sp³-hybridized carbons (Fsp3) is 0.158. The molecule has 1 amide bonds. The molecular weight excluding hydrogens is 342 g/mol. The van der Waals surface area contributed by atoms with Crippen molar-refractivity contribution in [3.05, 3.63) is 74.6 Å². The molecule has 6 heteroatoms. The molecule has 0 unspecified atom stereocenters. The van der Waals surface area contributed by atoms with E-state index in [-0.39, 0.29) is 12.2 Å². The molecule has 3 rings (SSSR count). The normalized spacial score (nSPS) is 10.8. The molecule has 1 heterocycles. The highest BCUT2D eigenvalue weighted by Gasteiger charge is 2.12. The number of nitrogens with two attached hydrogens (primary N) is 1. The molecule has 3 aromatic rings. The summed E-state index contributed by atoms with van der Waals surface area (Å²) in [5.41, 5.74) is 7.34. The largest absolute Gasteiger partial charge is 0.488 e. The van der Waals surface area contributed by atoms with E-state index in [1.807, 2.05) is 25.1 Å². The molecule has 2 N–H and O–H groups in total. The van der Waals surface area contributed by atoms with Crippen LogP contribution in [-0.4, -0.2) is 5.91 Å². The zero-order chi connectivity index (χ0) is 18.0. The Kier molecular flexibility index (Phi) is 4.76. The van der Waals surface area contributed by atoms with Gasteiger partial charge in [-0.25, -0.2) is 4.79 Å². The standard InChI is InChI=1S/C19H16ClNO4/c1-2-11-3-5-14-12(8-18(22)25-17(14)7-11)10-24-16-6-4-13(20)9-15(16)19(21)23/h3-9H,2,10H2,1H3,(H2,21,23).